The first-order chi connectivity index (χ1) is 16.3. The summed E-state index contributed by atoms with van der Waals surface area (Å²) in [5.41, 5.74) is 10.9. The van der Waals surface area contributed by atoms with Crippen LogP contribution in [0.3, 0.4) is 0 Å². The third-order valence-corrected chi connectivity index (χ3v) is 7.65. The molecule has 0 saturated carbocycles. The molecule has 0 amide bonds. The Morgan fingerprint density at radius 2 is 1.89 bits per heavy atom. The lowest BCUT2D eigenvalue weighted by Gasteiger charge is -2.32. The van der Waals surface area contributed by atoms with E-state index in [4.69, 9.17) is 38.2 Å². The molecule has 0 radical (unpaired) electrons. The fraction of sp³-hybridized carbons (Fsp3) is 0.393. The van der Waals surface area contributed by atoms with E-state index in [-0.39, 0.29) is 18.3 Å². The van der Waals surface area contributed by atoms with E-state index in [0.29, 0.717) is 11.6 Å². The van der Waals surface area contributed by atoms with Gasteiger partial charge in [0.2, 0.25) is 0 Å². The molecule has 4 nitrogen and oxygen atoms in total. The van der Waals surface area contributed by atoms with Crippen LogP contribution in [0.2, 0.25) is 5.02 Å². The van der Waals surface area contributed by atoms with Gasteiger partial charge in [0.25, 0.3) is 0 Å². The first-order valence-corrected chi connectivity index (χ1v) is 12.6. The molecular formula is C28H34Cl2N2O2S. The number of benzene rings is 2. The maximum atomic E-state index is 7.04. The molecular weight excluding hydrogens is 499 g/mol. The van der Waals surface area contributed by atoms with Crippen molar-refractivity contribution in [3.63, 3.8) is 0 Å². The summed E-state index contributed by atoms with van der Waals surface area (Å²) < 4.78 is 10.7. The van der Waals surface area contributed by atoms with Crippen LogP contribution in [0.25, 0.3) is 11.3 Å². The van der Waals surface area contributed by atoms with Gasteiger partial charge in [-0.1, -0.05) is 61.6 Å². The molecule has 1 aromatic heterocycles. The number of hydrogen-bond acceptors (Lipinski definition) is 5. The highest BCUT2D eigenvalue weighted by molar-refractivity contribution is 7.12. The molecule has 2 atom stereocenters. The van der Waals surface area contributed by atoms with E-state index in [9.17, 15) is 0 Å². The van der Waals surface area contributed by atoms with E-state index < -0.39 is 5.54 Å². The number of rotatable bonds is 10. The Labute approximate surface area is 224 Å². The molecule has 3 rings (SSSR count). The van der Waals surface area contributed by atoms with Crippen LogP contribution < -0.4 is 10.5 Å². The summed E-state index contributed by atoms with van der Waals surface area (Å²) in [5.74, 6) is 3.60. The van der Waals surface area contributed by atoms with Crippen molar-refractivity contribution in [1.29, 1.82) is 0 Å². The van der Waals surface area contributed by atoms with Gasteiger partial charge in [0.1, 0.15) is 16.3 Å². The van der Waals surface area contributed by atoms with Gasteiger partial charge in [-0.05, 0) is 49.1 Å². The molecule has 0 aliphatic rings. The fourth-order valence-corrected chi connectivity index (χ4v) is 5.57. The number of hydrogen-bond donors (Lipinski definition) is 1. The molecule has 1 heterocycles. The van der Waals surface area contributed by atoms with Gasteiger partial charge in [-0.2, -0.15) is 0 Å². The monoisotopic (exact) mass is 532 g/mol. The average molecular weight is 534 g/mol. The van der Waals surface area contributed by atoms with E-state index in [1.165, 1.54) is 0 Å². The number of unbranched alkanes of at least 4 members (excludes halogenated alkanes) is 1. The van der Waals surface area contributed by atoms with E-state index in [0.717, 1.165) is 62.8 Å². The van der Waals surface area contributed by atoms with Crippen molar-refractivity contribution < 1.29 is 9.47 Å². The van der Waals surface area contributed by atoms with Gasteiger partial charge in [0.15, 0.2) is 0 Å². The summed E-state index contributed by atoms with van der Waals surface area (Å²) in [6.45, 7) is 6.76. The first-order valence-electron chi connectivity index (χ1n) is 11.5. The number of aromatic nitrogens is 1. The Morgan fingerprint density at radius 1 is 1.20 bits per heavy atom. The number of nitrogens with two attached hydrogens (primary N) is 1. The lowest BCUT2D eigenvalue weighted by Crippen LogP contribution is -2.41. The molecule has 35 heavy (non-hydrogen) atoms. The van der Waals surface area contributed by atoms with Crippen molar-refractivity contribution in [3.8, 4) is 29.4 Å². The molecule has 0 saturated heterocycles. The number of ether oxygens (including phenoxy) is 2. The predicted molar refractivity (Wildman–Crippen MR) is 150 cm³/mol. The highest BCUT2D eigenvalue weighted by atomic mass is 35.5. The summed E-state index contributed by atoms with van der Waals surface area (Å²) in [4.78, 5) is 6.01. The molecule has 0 bridgehead atoms. The number of thiazole rings is 1. The van der Waals surface area contributed by atoms with E-state index >= 15 is 0 Å². The van der Waals surface area contributed by atoms with Crippen molar-refractivity contribution in [2.75, 3.05) is 14.2 Å². The van der Waals surface area contributed by atoms with Crippen LogP contribution in [0.4, 0.5) is 0 Å². The second kappa shape index (κ2) is 12.8. The van der Waals surface area contributed by atoms with E-state index in [2.05, 4.69) is 37.1 Å². The Kier molecular flexibility index (Phi) is 10.6. The Hall–Kier alpha value is -2.07. The molecule has 0 spiro atoms. The van der Waals surface area contributed by atoms with Crippen LogP contribution in [-0.4, -0.2) is 19.2 Å². The quantitative estimate of drug-likeness (QED) is 0.276. The SMILES string of the molecule is C#CC(N)(c1nc(-c2cc(C)c(OC)cc2Cl)c(C)s1)[C@@H](CCCC)c1ccc(COC)cc1.Cl. The highest BCUT2D eigenvalue weighted by Crippen LogP contribution is 2.43. The third-order valence-electron chi connectivity index (χ3n) is 6.22. The largest absolute Gasteiger partial charge is 0.496 e. The fourth-order valence-electron chi connectivity index (χ4n) is 4.28. The zero-order valence-electron chi connectivity index (χ0n) is 21.0. The summed E-state index contributed by atoms with van der Waals surface area (Å²) in [7, 11) is 3.33. The molecule has 3 aromatic rings. The van der Waals surface area contributed by atoms with E-state index in [1.807, 2.05) is 26.0 Å². The molecule has 188 valence electrons. The standard InChI is InChI=1S/C28H33ClN2O2S.ClH/c1-7-9-10-23(21-13-11-20(12-14-21)17-32-5)28(30,8-2)27-31-26(19(4)34-27)22-15-18(3)25(33-6)16-24(22)29;/h2,11-16,23H,7,9-10,17,30H2,1,3-6H3;1H/t23-,28?;/m0./s1. The lowest BCUT2D eigenvalue weighted by atomic mass is 9.77. The second-order valence-corrected chi connectivity index (χ2v) is 10.2. The molecule has 7 heteroatoms. The van der Waals surface area contributed by atoms with Gasteiger partial charge in [0, 0.05) is 23.5 Å². The van der Waals surface area contributed by atoms with Crippen LogP contribution in [-0.2, 0) is 16.9 Å². The maximum Gasteiger partial charge on any atom is 0.136 e. The number of terminal acetylenes is 1. The van der Waals surface area contributed by atoms with Gasteiger partial charge < -0.3 is 15.2 Å². The van der Waals surface area contributed by atoms with Crippen molar-refractivity contribution in [2.24, 2.45) is 5.73 Å². The topological polar surface area (TPSA) is 57.4 Å². The van der Waals surface area contributed by atoms with Crippen LogP contribution in [0.1, 0.15) is 58.7 Å². The highest BCUT2D eigenvalue weighted by Gasteiger charge is 2.39. The number of nitrogens with zero attached hydrogens (tertiary/aromatic N) is 1. The number of methoxy groups -OCH3 is 2. The smallest absolute Gasteiger partial charge is 0.136 e. The number of aryl methyl sites for hydroxylation is 2. The molecule has 0 aliphatic heterocycles. The van der Waals surface area contributed by atoms with Crippen molar-refractivity contribution >= 4 is 35.3 Å². The molecule has 0 aliphatic carbocycles. The predicted octanol–water partition coefficient (Wildman–Crippen LogP) is 7.42. The molecule has 2 aromatic carbocycles. The van der Waals surface area contributed by atoms with Crippen molar-refractivity contribution in [1.82, 2.24) is 4.98 Å². The van der Waals surface area contributed by atoms with E-state index in [1.54, 1.807) is 25.6 Å². The van der Waals surface area contributed by atoms with Crippen LogP contribution in [0.15, 0.2) is 36.4 Å². The zero-order valence-corrected chi connectivity index (χ0v) is 23.4. The van der Waals surface area contributed by atoms with Crippen LogP contribution >= 0.6 is 35.3 Å². The minimum absolute atomic E-state index is 0. The molecule has 0 fully saturated rings. The van der Waals surface area contributed by atoms with Gasteiger partial charge in [-0.15, -0.1) is 30.2 Å². The number of halogens is 2. The van der Waals surface area contributed by atoms with Gasteiger partial charge in [0.05, 0.1) is 24.4 Å². The Balaban J connectivity index is 0.00000432. The van der Waals surface area contributed by atoms with Gasteiger partial charge >= 0.3 is 0 Å². The minimum atomic E-state index is -1.04. The summed E-state index contributed by atoms with van der Waals surface area (Å²) in [6, 6.07) is 12.2. The van der Waals surface area contributed by atoms with Gasteiger partial charge in [-0.25, -0.2) is 4.98 Å². The minimum Gasteiger partial charge on any atom is -0.496 e. The Morgan fingerprint density at radius 3 is 2.46 bits per heavy atom. The third kappa shape index (κ3) is 6.20. The lowest BCUT2D eigenvalue weighted by molar-refractivity contribution is 0.185. The Bertz CT molecular complexity index is 1170. The average Bonchev–Trinajstić information content (AvgIpc) is 3.23. The first kappa shape index (κ1) is 29.2. The van der Waals surface area contributed by atoms with Crippen molar-refractivity contribution in [2.45, 2.75) is 58.1 Å². The zero-order chi connectivity index (χ0) is 24.9. The van der Waals surface area contributed by atoms with Crippen molar-refractivity contribution in [3.05, 3.63) is 68.0 Å². The second-order valence-electron chi connectivity index (χ2n) is 8.61. The normalized spacial score (nSPS) is 13.4. The van der Waals surface area contributed by atoms with Crippen LogP contribution in [0, 0.1) is 26.2 Å². The maximum absolute atomic E-state index is 7.04. The van der Waals surface area contributed by atoms with Crippen LogP contribution in [0.5, 0.6) is 5.75 Å². The molecule has 2 N–H and O–H groups in total. The summed E-state index contributed by atoms with van der Waals surface area (Å²) in [6.07, 6.45) is 9.09. The van der Waals surface area contributed by atoms with Gasteiger partial charge in [-0.3, -0.25) is 0 Å². The summed E-state index contributed by atoms with van der Waals surface area (Å²) >= 11 is 8.16. The summed E-state index contributed by atoms with van der Waals surface area (Å²) in [5, 5.41) is 1.32. The molecule has 1 unspecified atom stereocenters.